The third-order valence-corrected chi connectivity index (χ3v) is 3.78. The van der Waals surface area contributed by atoms with Crippen molar-refractivity contribution >= 4 is 11.9 Å². The van der Waals surface area contributed by atoms with Crippen LogP contribution in [0.5, 0.6) is 0 Å². The van der Waals surface area contributed by atoms with E-state index in [9.17, 15) is 18.0 Å². The molecule has 0 aromatic carbocycles. The number of halogens is 3. The molecule has 0 saturated carbocycles. The van der Waals surface area contributed by atoms with E-state index in [1.54, 1.807) is 6.92 Å². The lowest BCUT2D eigenvalue weighted by molar-refractivity contribution is -0.192. The van der Waals surface area contributed by atoms with Crippen molar-refractivity contribution in [3.05, 3.63) is 35.4 Å². The van der Waals surface area contributed by atoms with Crippen LogP contribution in [0.15, 0.2) is 21.1 Å². The summed E-state index contributed by atoms with van der Waals surface area (Å²) in [7, 11) is 0. The van der Waals surface area contributed by atoms with E-state index in [4.69, 9.17) is 18.8 Å². The molecule has 1 aliphatic rings. The van der Waals surface area contributed by atoms with Gasteiger partial charge in [0.25, 0.3) is 0 Å². The van der Waals surface area contributed by atoms with E-state index in [-0.39, 0.29) is 11.9 Å². The maximum Gasteiger partial charge on any atom is 0.490 e. The number of aliphatic carboxylic acids is 1. The molecule has 3 heterocycles. The molecule has 3 rings (SSSR count). The Labute approximate surface area is 157 Å². The molecule has 2 aromatic rings. The number of hydrogen-bond acceptors (Lipinski definition) is 7. The summed E-state index contributed by atoms with van der Waals surface area (Å²) in [6.07, 6.45) is -4.67. The molecule has 9 nitrogen and oxygen atoms in total. The van der Waals surface area contributed by atoms with Gasteiger partial charge in [-0.15, -0.1) is 0 Å². The fourth-order valence-electron chi connectivity index (χ4n) is 2.53. The van der Waals surface area contributed by atoms with Crippen molar-refractivity contribution in [2.24, 2.45) is 0 Å². The normalized spacial score (nSPS) is 17.6. The van der Waals surface area contributed by atoms with Crippen molar-refractivity contribution in [3.63, 3.8) is 0 Å². The van der Waals surface area contributed by atoms with E-state index in [2.05, 4.69) is 20.4 Å². The number of aromatic nitrogens is 2. The van der Waals surface area contributed by atoms with Crippen LogP contribution in [0.3, 0.4) is 0 Å². The van der Waals surface area contributed by atoms with Crippen LogP contribution in [-0.2, 0) is 22.6 Å². The van der Waals surface area contributed by atoms with Gasteiger partial charge in [0.2, 0.25) is 11.8 Å². The van der Waals surface area contributed by atoms with Gasteiger partial charge < -0.3 is 19.4 Å². The SMILES string of the molecule is Cc1noc(CC2C(=O)NCCN2Cc2ccc(C)o2)n1.O=C(O)C(F)(F)F. The zero-order chi connectivity index (χ0) is 20.9. The molecule has 0 aliphatic carbocycles. The van der Waals surface area contributed by atoms with E-state index in [0.717, 1.165) is 18.1 Å². The van der Waals surface area contributed by atoms with Crippen molar-refractivity contribution in [2.75, 3.05) is 13.1 Å². The van der Waals surface area contributed by atoms with E-state index in [1.165, 1.54) is 0 Å². The van der Waals surface area contributed by atoms with E-state index in [0.29, 0.717) is 31.2 Å². The molecule has 2 N–H and O–H groups in total. The molecule has 2 aromatic heterocycles. The predicted octanol–water partition coefficient (Wildman–Crippen LogP) is 1.46. The predicted molar refractivity (Wildman–Crippen MR) is 87.1 cm³/mol. The highest BCUT2D eigenvalue weighted by Gasteiger charge is 2.38. The number of nitrogens with zero attached hydrogens (tertiary/aromatic N) is 3. The quantitative estimate of drug-likeness (QED) is 0.786. The number of amides is 1. The molecule has 1 saturated heterocycles. The maximum atomic E-state index is 12.1. The van der Waals surface area contributed by atoms with Gasteiger partial charge in [-0.2, -0.15) is 18.2 Å². The van der Waals surface area contributed by atoms with E-state index in [1.807, 2.05) is 19.1 Å². The third-order valence-electron chi connectivity index (χ3n) is 3.78. The average molecular weight is 404 g/mol. The van der Waals surface area contributed by atoms with Crippen LogP contribution in [0, 0.1) is 13.8 Å². The number of furan rings is 1. The minimum absolute atomic E-state index is 0.0135. The standard InChI is InChI=1S/C14H18N4O3.C2HF3O2/c1-9-3-4-11(20-9)8-18-6-5-15-14(19)12(18)7-13-16-10(2)17-21-13;3-2(4,5)1(6)7/h3-4,12H,5-8H2,1-2H3,(H,15,19);(H,6,7). The Bertz CT molecular complexity index is 817. The zero-order valence-corrected chi connectivity index (χ0v) is 15.1. The Balaban J connectivity index is 0.000000345. The molecule has 1 aliphatic heterocycles. The number of piperazine rings is 1. The van der Waals surface area contributed by atoms with Gasteiger partial charge in [-0.25, -0.2) is 4.79 Å². The highest BCUT2D eigenvalue weighted by molar-refractivity contribution is 5.82. The van der Waals surface area contributed by atoms with Crippen LogP contribution in [0.2, 0.25) is 0 Å². The zero-order valence-electron chi connectivity index (χ0n) is 15.1. The maximum absolute atomic E-state index is 12.1. The fourth-order valence-corrected chi connectivity index (χ4v) is 2.53. The van der Waals surface area contributed by atoms with Gasteiger partial charge in [0, 0.05) is 13.1 Å². The van der Waals surface area contributed by atoms with E-state index >= 15 is 0 Å². The number of hydrogen-bond donors (Lipinski definition) is 2. The first kappa shape index (κ1) is 21.4. The van der Waals surface area contributed by atoms with Crippen molar-refractivity contribution < 1.29 is 36.8 Å². The summed E-state index contributed by atoms with van der Waals surface area (Å²) in [6.45, 7) is 5.67. The molecule has 0 spiro atoms. The lowest BCUT2D eigenvalue weighted by Gasteiger charge is -2.33. The number of nitrogens with one attached hydrogen (secondary N) is 1. The van der Waals surface area contributed by atoms with Crippen LogP contribution < -0.4 is 5.32 Å². The van der Waals surface area contributed by atoms with Crippen molar-refractivity contribution in [1.29, 1.82) is 0 Å². The average Bonchev–Trinajstić information content (AvgIpc) is 3.18. The highest BCUT2D eigenvalue weighted by atomic mass is 19.4. The molecule has 154 valence electrons. The summed E-state index contributed by atoms with van der Waals surface area (Å²) in [5.41, 5.74) is 0. The summed E-state index contributed by atoms with van der Waals surface area (Å²) in [5, 5.41) is 13.8. The Morgan fingerprint density at radius 2 is 2.07 bits per heavy atom. The van der Waals surface area contributed by atoms with Crippen molar-refractivity contribution in [2.45, 2.75) is 39.0 Å². The molecule has 1 amide bonds. The lowest BCUT2D eigenvalue weighted by Crippen LogP contribution is -2.55. The lowest BCUT2D eigenvalue weighted by atomic mass is 10.1. The molecule has 28 heavy (non-hydrogen) atoms. The summed E-state index contributed by atoms with van der Waals surface area (Å²) in [4.78, 5) is 27.3. The van der Waals surface area contributed by atoms with Crippen LogP contribution >= 0.6 is 0 Å². The third kappa shape index (κ3) is 6.08. The molecule has 1 atom stereocenters. The van der Waals surface area contributed by atoms with Gasteiger partial charge in [-0.3, -0.25) is 9.69 Å². The Kier molecular flexibility index (Phi) is 6.78. The molecule has 0 radical (unpaired) electrons. The summed E-state index contributed by atoms with van der Waals surface area (Å²) >= 11 is 0. The van der Waals surface area contributed by atoms with Gasteiger partial charge in [0.1, 0.15) is 11.5 Å². The number of carbonyl (C=O) groups excluding carboxylic acids is 1. The minimum Gasteiger partial charge on any atom is -0.475 e. The smallest absolute Gasteiger partial charge is 0.475 e. The van der Waals surface area contributed by atoms with Crippen molar-refractivity contribution in [3.8, 4) is 0 Å². The second-order valence-electron chi connectivity index (χ2n) is 6.03. The van der Waals surface area contributed by atoms with Gasteiger partial charge in [-0.1, -0.05) is 5.16 Å². The van der Waals surface area contributed by atoms with Crippen LogP contribution in [0.1, 0.15) is 23.2 Å². The topological polar surface area (TPSA) is 122 Å². The molecule has 1 fully saturated rings. The summed E-state index contributed by atoms with van der Waals surface area (Å²) < 4.78 is 42.5. The fraction of sp³-hybridized carbons (Fsp3) is 0.500. The Morgan fingerprint density at radius 3 is 2.57 bits per heavy atom. The Hall–Kier alpha value is -2.89. The van der Waals surface area contributed by atoms with Gasteiger partial charge >= 0.3 is 12.1 Å². The number of rotatable bonds is 4. The first-order chi connectivity index (χ1) is 13.1. The molecule has 12 heteroatoms. The van der Waals surface area contributed by atoms with Crippen molar-refractivity contribution in [1.82, 2.24) is 20.4 Å². The molecular formula is C16H19F3N4O5. The Morgan fingerprint density at radius 1 is 1.39 bits per heavy atom. The molecule has 0 bridgehead atoms. The first-order valence-corrected chi connectivity index (χ1v) is 8.22. The number of carboxylic acid groups (broad SMARTS) is 1. The van der Waals surface area contributed by atoms with Gasteiger partial charge in [-0.05, 0) is 26.0 Å². The minimum atomic E-state index is -5.08. The van der Waals surface area contributed by atoms with Crippen LogP contribution in [-0.4, -0.2) is 57.3 Å². The number of alkyl halides is 3. The number of carboxylic acids is 1. The second-order valence-corrected chi connectivity index (χ2v) is 6.03. The van der Waals surface area contributed by atoms with Crippen LogP contribution in [0.4, 0.5) is 13.2 Å². The summed E-state index contributed by atoms with van der Waals surface area (Å²) in [5.74, 6) is 0.0157. The second kappa shape index (κ2) is 8.87. The highest BCUT2D eigenvalue weighted by Crippen LogP contribution is 2.16. The monoisotopic (exact) mass is 404 g/mol. The van der Waals surface area contributed by atoms with Gasteiger partial charge in [0.15, 0.2) is 5.82 Å². The largest absolute Gasteiger partial charge is 0.490 e. The van der Waals surface area contributed by atoms with Crippen LogP contribution in [0.25, 0.3) is 0 Å². The molecular weight excluding hydrogens is 385 g/mol. The first-order valence-electron chi connectivity index (χ1n) is 8.22. The summed E-state index contributed by atoms with van der Waals surface area (Å²) in [6, 6.07) is 3.55. The van der Waals surface area contributed by atoms with E-state index < -0.39 is 12.1 Å². The number of carbonyl (C=O) groups is 2. The van der Waals surface area contributed by atoms with Gasteiger partial charge in [0.05, 0.1) is 19.0 Å². The number of aryl methyl sites for hydroxylation is 2. The molecule has 1 unspecified atom stereocenters.